The molecule has 0 bridgehead atoms. The SMILES string of the molecule is Cn1nnc2cc(C(=O)N3CC(O)CC3c3cccc(F)c3)cnc21. The lowest BCUT2D eigenvalue weighted by Crippen LogP contribution is -2.31. The van der Waals surface area contributed by atoms with E-state index >= 15 is 0 Å². The van der Waals surface area contributed by atoms with Crippen LogP contribution in [-0.2, 0) is 7.05 Å². The summed E-state index contributed by atoms with van der Waals surface area (Å²) in [6, 6.07) is 7.36. The zero-order valence-corrected chi connectivity index (χ0v) is 13.5. The van der Waals surface area contributed by atoms with E-state index < -0.39 is 6.10 Å². The van der Waals surface area contributed by atoms with Crippen molar-refractivity contribution < 1.29 is 14.3 Å². The molecule has 0 saturated carbocycles. The van der Waals surface area contributed by atoms with Gasteiger partial charge in [0.1, 0.15) is 11.3 Å². The number of nitrogens with zero attached hydrogens (tertiary/aromatic N) is 5. The van der Waals surface area contributed by atoms with Crippen molar-refractivity contribution in [2.45, 2.75) is 18.6 Å². The Labute approximate surface area is 142 Å². The maximum absolute atomic E-state index is 13.6. The molecule has 2 atom stereocenters. The molecule has 1 N–H and O–H groups in total. The molecule has 2 unspecified atom stereocenters. The second-order valence-electron chi connectivity index (χ2n) is 6.20. The molecule has 3 heterocycles. The highest BCUT2D eigenvalue weighted by atomic mass is 19.1. The van der Waals surface area contributed by atoms with Crippen LogP contribution in [0.25, 0.3) is 11.2 Å². The summed E-state index contributed by atoms with van der Waals surface area (Å²) in [5.41, 5.74) is 2.14. The van der Waals surface area contributed by atoms with Crippen LogP contribution in [0.1, 0.15) is 28.4 Å². The molecule has 0 aliphatic carbocycles. The van der Waals surface area contributed by atoms with Gasteiger partial charge in [-0.15, -0.1) is 5.10 Å². The van der Waals surface area contributed by atoms with Gasteiger partial charge in [-0.1, -0.05) is 17.3 Å². The molecule has 128 valence electrons. The highest BCUT2D eigenvalue weighted by Crippen LogP contribution is 2.33. The zero-order chi connectivity index (χ0) is 17.6. The number of aryl methyl sites for hydroxylation is 1. The van der Waals surface area contributed by atoms with Crippen LogP contribution in [0, 0.1) is 5.82 Å². The summed E-state index contributed by atoms with van der Waals surface area (Å²) in [5.74, 6) is -0.639. The second kappa shape index (κ2) is 5.89. The summed E-state index contributed by atoms with van der Waals surface area (Å²) < 4.78 is 15.1. The van der Waals surface area contributed by atoms with Crippen LogP contribution in [-0.4, -0.2) is 48.5 Å². The van der Waals surface area contributed by atoms with Crippen LogP contribution >= 0.6 is 0 Å². The average molecular weight is 341 g/mol. The molecule has 2 aromatic heterocycles. The van der Waals surface area contributed by atoms with Gasteiger partial charge in [-0.3, -0.25) is 4.79 Å². The van der Waals surface area contributed by atoms with Crippen LogP contribution in [0.2, 0.25) is 0 Å². The number of hydrogen-bond acceptors (Lipinski definition) is 5. The summed E-state index contributed by atoms with van der Waals surface area (Å²) in [5, 5.41) is 17.9. The van der Waals surface area contributed by atoms with Crippen molar-refractivity contribution >= 4 is 17.1 Å². The first-order valence-electron chi connectivity index (χ1n) is 7.93. The predicted octanol–water partition coefficient (Wildman–Crippen LogP) is 1.45. The minimum Gasteiger partial charge on any atom is -0.391 e. The Bertz CT molecular complexity index is 957. The van der Waals surface area contributed by atoms with E-state index in [-0.39, 0.29) is 24.3 Å². The summed E-state index contributed by atoms with van der Waals surface area (Å²) in [6.07, 6.45) is 1.20. The van der Waals surface area contributed by atoms with E-state index in [0.29, 0.717) is 28.7 Å². The molecule has 1 saturated heterocycles. The maximum atomic E-state index is 13.6. The van der Waals surface area contributed by atoms with Crippen molar-refractivity contribution in [1.82, 2.24) is 24.9 Å². The number of hydrogen-bond donors (Lipinski definition) is 1. The van der Waals surface area contributed by atoms with Crippen LogP contribution in [0.15, 0.2) is 36.5 Å². The smallest absolute Gasteiger partial charge is 0.256 e. The molecule has 4 rings (SSSR count). The van der Waals surface area contributed by atoms with E-state index in [1.807, 2.05) is 0 Å². The molecule has 1 aliphatic heterocycles. The minimum atomic E-state index is -0.648. The Kier molecular flexibility index (Phi) is 3.69. The van der Waals surface area contributed by atoms with E-state index in [1.54, 1.807) is 30.1 Å². The lowest BCUT2D eigenvalue weighted by molar-refractivity contribution is 0.0715. The number of amides is 1. The first-order valence-corrected chi connectivity index (χ1v) is 7.93. The summed E-state index contributed by atoms with van der Waals surface area (Å²) in [6.45, 7) is 0.193. The quantitative estimate of drug-likeness (QED) is 0.763. The molecule has 25 heavy (non-hydrogen) atoms. The lowest BCUT2D eigenvalue weighted by Gasteiger charge is -2.24. The number of aliphatic hydroxyl groups excluding tert-OH is 1. The minimum absolute atomic E-state index is 0.193. The van der Waals surface area contributed by atoms with E-state index in [2.05, 4.69) is 15.3 Å². The molecule has 0 radical (unpaired) electrons. The highest BCUT2D eigenvalue weighted by Gasteiger charge is 2.36. The van der Waals surface area contributed by atoms with E-state index in [1.165, 1.54) is 23.0 Å². The fourth-order valence-electron chi connectivity index (χ4n) is 3.28. The van der Waals surface area contributed by atoms with Gasteiger partial charge in [-0.2, -0.15) is 0 Å². The maximum Gasteiger partial charge on any atom is 0.256 e. The zero-order valence-electron chi connectivity index (χ0n) is 13.5. The highest BCUT2D eigenvalue weighted by molar-refractivity contribution is 5.96. The van der Waals surface area contributed by atoms with E-state index in [4.69, 9.17) is 0 Å². The number of carbonyl (C=O) groups excluding carboxylic acids is 1. The largest absolute Gasteiger partial charge is 0.391 e. The number of halogens is 1. The summed E-state index contributed by atoms with van der Waals surface area (Å²) in [7, 11) is 1.72. The number of β-amino-alcohol motifs (C(OH)–C–C–N with tert-alkyl or cyclic N) is 1. The van der Waals surface area contributed by atoms with Gasteiger partial charge >= 0.3 is 0 Å². The third-order valence-corrected chi connectivity index (χ3v) is 4.46. The van der Waals surface area contributed by atoms with Crippen LogP contribution in [0.3, 0.4) is 0 Å². The number of aromatic nitrogens is 4. The Morgan fingerprint density at radius 3 is 3.00 bits per heavy atom. The Balaban J connectivity index is 1.68. The van der Waals surface area contributed by atoms with Crippen molar-refractivity contribution in [3.8, 4) is 0 Å². The molecule has 1 aliphatic rings. The third-order valence-electron chi connectivity index (χ3n) is 4.46. The molecule has 1 fully saturated rings. The number of benzene rings is 1. The molecule has 8 heteroatoms. The molecular formula is C17H16FN5O2. The molecule has 7 nitrogen and oxygen atoms in total. The van der Waals surface area contributed by atoms with Crippen LogP contribution in [0.4, 0.5) is 4.39 Å². The second-order valence-corrected chi connectivity index (χ2v) is 6.20. The number of likely N-dealkylation sites (tertiary alicyclic amines) is 1. The van der Waals surface area contributed by atoms with Crippen molar-refractivity contribution in [2.75, 3.05) is 6.54 Å². The monoisotopic (exact) mass is 341 g/mol. The van der Waals surface area contributed by atoms with Crippen molar-refractivity contribution in [3.05, 3.63) is 53.5 Å². The van der Waals surface area contributed by atoms with Crippen molar-refractivity contribution in [1.29, 1.82) is 0 Å². The molecule has 3 aromatic rings. The van der Waals surface area contributed by atoms with Crippen LogP contribution in [0.5, 0.6) is 0 Å². The molecule has 1 amide bonds. The predicted molar refractivity (Wildman–Crippen MR) is 87.1 cm³/mol. The normalized spacial score (nSPS) is 20.4. The number of carbonyl (C=O) groups is 1. The van der Waals surface area contributed by atoms with Gasteiger partial charge in [0.25, 0.3) is 5.91 Å². The summed E-state index contributed by atoms with van der Waals surface area (Å²) in [4.78, 5) is 18.7. The van der Waals surface area contributed by atoms with Gasteiger partial charge in [-0.05, 0) is 30.2 Å². The fourth-order valence-corrected chi connectivity index (χ4v) is 3.28. The van der Waals surface area contributed by atoms with Gasteiger partial charge in [0.15, 0.2) is 5.65 Å². The number of aliphatic hydroxyl groups is 1. The molecular weight excluding hydrogens is 325 g/mol. The van der Waals surface area contributed by atoms with Gasteiger partial charge in [0.05, 0.1) is 17.7 Å². The topological polar surface area (TPSA) is 84.1 Å². The number of pyridine rings is 1. The number of fused-ring (bicyclic) bond motifs is 1. The molecule has 1 aromatic carbocycles. The Morgan fingerprint density at radius 1 is 1.36 bits per heavy atom. The standard InChI is InChI=1S/C17H16FN5O2/c1-22-16-14(20-21-22)6-11(8-19-16)17(25)23-9-13(24)7-15(23)10-3-2-4-12(18)5-10/h2-6,8,13,15,24H,7,9H2,1H3. The van der Waals surface area contributed by atoms with Gasteiger partial charge in [0, 0.05) is 19.8 Å². The van der Waals surface area contributed by atoms with Gasteiger partial charge in [-0.25, -0.2) is 14.1 Å². The fraction of sp³-hybridized carbons (Fsp3) is 0.294. The Hall–Kier alpha value is -2.87. The van der Waals surface area contributed by atoms with Gasteiger partial charge in [0.2, 0.25) is 0 Å². The molecule has 0 spiro atoms. The van der Waals surface area contributed by atoms with E-state index in [9.17, 15) is 14.3 Å². The Morgan fingerprint density at radius 2 is 2.20 bits per heavy atom. The van der Waals surface area contributed by atoms with Crippen molar-refractivity contribution in [2.24, 2.45) is 7.05 Å². The average Bonchev–Trinajstić information content (AvgIpc) is 3.17. The first kappa shape index (κ1) is 15.6. The van der Waals surface area contributed by atoms with Crippen LogP contribution < -0.4 is 0 Å². The lowest BCUT2D eigenvalue weighted by atomic mass is 10.0. The van der Waals surface area contributed by atoms with Gasteiger partial charge < -0.3 is 10.0 Å². The number of rotatable bonds is 2. The third kappa shape index (κ3) is 2.74. The van der Waals surface area contributed by atoms with E-state index in [0.717, 1.165) is 0 Å². The first-order chi connectivity index (χ1) is 12.0. The van der Waals surface area contributed by atoms with Crippen molar-refractivity contribution in [3.63, 3.8) is 0 Å². The summed E-state index contributed by atoms with van der Waals surface area (Å²) >= 11 is 0.